The van der Waals surface area contributed by atoms with Crippen molar-refractivity contribution in [3.63, 3.8) is 0 Å². The molecule has 26 heavy (non-hydrogen) atoms. The molecule has 1 amide bonds. The van der Waals surface area contributed by atoms with E-state index < -0.39 is 17.7 Å². The van der Waals surface area contributed by atoms with Gasteiger partial charge in [-0.1, -0.05) is 18.2 Å². The Bertz CT molecular complexity index is 784. The first-order valence-corrected chi connectivity index (χ1v) is 8.60. The number of pyridine rings is 1. The molecule has 0 fully saturated rings. The predicted molar refractivity (Wildman–Crippen MR) is 101 cm³/mol. The number of nitrogens with zero attached hydrogens (tertiary/aromatic N) is 1. The second-order valence-corrected chi connectivity index (χ2v) is 6.93. The predicted octanol–water partition coefficient (Wildman–Crippen LogP) is 3.65. The quantitative estimate of drug-likeness (QED) is 0.653. The van der Waals surface area contributed by atoms with E-state index in [9.17, 15) is 14.7 Å². The smallest absolute Gasteiger partial charge is 0.407 e. The number of carbonyl (C=O) groups is 2. The lowest BCUT2D eigenvalue weighted by Crippen LogP contribution is -2.33. The van der Waals surface area contributed by atoms with Gasteiger partial charge in [0.25, 0.3) is 0 Å². The topological polar surface area (TPSA) is 101 Å². The van der Waals surface area contributed by atoms with E-state index in [4.69, 9.17) is 4.74 Å². The highest BCUT2D eigenvalue weighted by atomic mass is 16.6. The van der Waals surface area contributed by atoms with Crippen LogP contribution in [-0.2, 0) is 4.74 Å². The Morgan fingerprint density at radius 1 is 1.15 bits per heavy atom. The van der Waals surface area contributed by atoms with Gasteiger partial charge in [-0.15, -0.1) is 0 Å². The minimum atomic E-state index is -1.02. The number of nitrogens with one attached hydrogen (secondary N) is 2. The third kappa shape index (κ3) is 5.61. The van der Waals surface area contributed by atoms with Gasteiger partial charge in [0, 0.05) is 24.7 Å². The molecule has 0 radical (unpaired) electrons. The number of unbranched alkanes of at least 4 members (excludes halogenated alkanes) is 1. The summed E-state index contributed by atoms with van der Waals surface area (Å²) in [4.78, 5) is 27.2. The lowest BCUT2D eigenvalue weighted by Gasteiger charge is -2.19. The Morgan fingerprint density at radius 3 is 2.54 bits per heavy atom. The van der Waals surface area contributed by atoms with Crippen LogP contribution >= 0.6 is 0 Å². The summed E-state index contributed by atoms with van der Waals surface area (Å²) >= 11 is 0. The summed E-state index contributed by atoms with van der Waals surface area (Å²) in [6.07, 6.45) is 2.46. The van der Waals surface area contributed by atoms with Gasteiger partial charge in [-0.2, -0.15) is 0 Å². The molecule has 0 saturated heterocycles. The standard InChI is InChI=1S/C19H25N3O4/c1-19(2,3)26-18(25)21-11-7-6-10-20-16-13-8-4-5-9-15(13)22-12-14(16)17(23)24/h4-5,8-9,12H,6-7,10-11H2,1-3H3,(H,20,22)(H,21,25)(H,23,24). The van der Waals surface area contributed by atoms with E-state index in [1.807, 2.05) is 45.0 Å². The molecular weight excluding hydrogens is 334 g/mol. The van der Waals surface area contributed by atoms with E-state index in [1.165, 1.54) is 6.20 Å². The Hall–Kier alpha value is -2.83. The average Bonchev–Trinajstić information content (AvgIpc) is 2.56. The molecule has 0 saturated carbocycles. The maximum absolute atomic E-state index is 11.6. The molecule has 0 atom stereocenters. The second-order valence-electron chi connectivity index (χ2n) is 6.93. The fraction of sp³-hybridized carbons (Fsp3) is 0.421. The third-order valence-corrected chi connectivity index (χ3v) is 3.58. The van der Waals surface area contributed by atoms with Gasteiger partial charge < -0.3 is 20.5 Å². The number of hydrogen-bond acceptors (Lipinski definition) is 5. The molecule has 0 spiro atoms. The molecule has 140 valence electrons. The number of carboxylic acids is 1. The van der Waals surface area contributed by atoms with Crippen LogP contribution in [-0.4, -0.2) is 40.8 Å². The number of para-hydroxylation sites is 1. The molecule has 2 aromatic rings. The van der Waals surface area contributed by atoms with Gasteiger partial charge >= 0.3 is 12.1 Å². The Morgan fingerprint density at radius 2 is 1.85 bits per heavy atom. The summed E-state index contributed by atoms with van der Waals surface area (Å²) in [6, 6.07) is 7.41. The highest BCUT2D eigenvalue weighted by Gasteiger charge is 2.16. The fourth-order valence-corrected chi connectivity index (χ4v) is 2.46. The van der Waals surface area contributed by atoms with Crippen molar-refractivity contribution >= 4 is 28.7 Å². The number of carbonyl (C=O) groups excluding carboxylic acids is 1. The largest absolute Gasteiger partial charge is 0.478 e. The zero-order valence-electron chi connectivity index (χ0n) is 15.3. The van der Waals surface area contributed by atoms with E-state index in [0.717, 1.165) is 23.7 Å². The summed E-state index contributed by atoms with van der Waals surface area (Å²) in [5, 5.41) is 16.1. The number of aromatic carboxylic acids is 1. The summed E-state index contributed by atoms with van der Waals surface area (Å²) in [5.74, 6) is -1.02. The summed E-state index contributed by atoms with van der Waals surface area (Å²) in [6.45, 7) is 6.53. The van der Waals surface area contributed by atoms with Crippen molar-refractivity contribution in [1.29, 1.82) is 0 Å². The van der Waals surface area contributed by atoms with Crippen molar-refractivity contribution in [2.75, 3.05) is 18.4 Å². The average molecular weight is 359 g/mol. The van der Waals surface area contributed by atoms with Crippen LogP contribution in [0.3, 0.4) is 0 Å². The molecule has 7 heteroatoms. The maximum atomic E-state index is 11.6. The summed E-state index contributed by atoms with van der Waals surface area (Å²) in [7, 11) is 0. The van der Waals surface area contributed by atoms with Gasteiger partial charge in [0.2, 0.25) is 0 Å². The van der Waals surface area contributed by atoms with E-state index in [1.54, 1.807) is 0 Å². The number of benzene rings is 1. The van der Waals surface area contributed by atoms with Crippen molar-refractivity contribution in [3.8, 4) is 0 Å². The van der Waals surface area contributed by atoms with Crippen LogP contribution in [0.15, 0.2) is 30.5 Å². The summed E-state index contributed by atoms with van der Waals surface area (Å²) < 4.78 is 5.17. The van der Waals surface area contributed by atoms with E-state index in [2.05, 4.69) is 15.6 Å². The van der Waals surface area contributed by atoms with Crippen molar-refractivity contribution in [1.82, 2.24) is 10.3 Å². The van der Waals surface area contributed by atoms with Crippen LogP contribution in [0.1, 0.15) is 44.0 Å². The highest BCUT2D eigenvalue weighted by molar-refractivity contribution is 6.04. The van der Waals surface area contributed by atoms with Crippen molar-refractivity contribution in [2.24, 2.45) is 0 Å². The highest BCUT2D eigenvalue weighted by Crippen LogP contribution is 2.25. The number of fused-ring (bicyclic) bond motifs is 1. The van der Waals surface area contributed by atoms with Gasteiger partial charge in [-0.05, 0) is 39.7 Å². The van der Waals surface area contributed by atoms with Crippen LogP contribution in [0.4, 0.5) is 10.5 Å². The normalized spacial score (nSPS) is 11.2. The SMILES string of the molecule is CC(C)(C)OC(=O)NCCCCNc1c(C(=O)O)cnc2ccccc12. The molecular formula is C19H25N3O4. The van der Waals surface area contributed by atoms with Gasteiger partial charge in [-0.3, -0.25) is 4.98 Å². The number of hydrogen-bond donors (Lipinski definition) is 3. The lowest BCUT2D eigenvalue weighted by molar-refractivity contribution is 0.0526. The van der Waals surface area contributed by atoms with Gasteiger partial charge in [0.1, 0.15) is 11.2 Å². The number of aromatic nitrogens is 1. The van der Waals surface area contributed by atoms with Crippen LogP contribution in [0.2, 0.25) is 0 Å². The third-order valence-electron chi connectivity index (χ3n) is 3.58. The monoisotopic (exact) mass is 359 g/mol. The second kappa shape index (κ2) is 8.51. The zero-order chi connectivity index (χ0) is 19.2. The fourth-order valence-electron chi connectivity index (χ4n) is 2.46. The molecule has 1 aromatic carbocycles. The Kier molecular flexibility index (Phi) is 6.38. The first-order valence-electron chi connectivity index (χ1n) is 8.60. The van der Waals surface area contributed by atoms with Gasteiger partial charge in [0.15, 0.2) is 0 Å². The number of carboxylic acid groups (broad SMARTS) is 1. The molecule has 1 heterocycles. The number of amides is 1. The molecule has 1 aromatic heterocycles. The van der Waals surface area contributed by atoms with E-state index in [0.29, 0.717) is 18.8 Å². The lowest BCUT2D eigenvalue weighted by atomic mass is 10.1. The minimum Gasteiger partial charge on any atom is -0.478 e. The van der Waals surface area contributed by atoms with Crippen LogP contribution < -0.4 is 10.6 Å². The Labute approximate surface area is 152 Å². The minimum absolute atomic E-state index is 0.149. The maximum Gasteiger partial charge on any atom is 0.407 e. The molecule has 0 aliphatic heterocycles. The molecule has 3 N–H and O–H groups in total. The first kappa shape index (κ1) is 19.5. The zero-order valence-corrected chi connectivity index (χ0v) is 15.3. The molecule has 0 unspecified atom stereocenters. The van der Waals surface area contributed by atoms with Crippen LogP contribution in [0.5, 0.6) is 0 Å². The van der Waals surface area contributed by atoms with Crippen LogP contribution in [0.25, 0.3) is 10.9 Å². The van der Waals surface area contributed by atoms with E-state index >= 15 is 0 Å². The molecule has 0 aliphatic carbocycles. The molecule has 7 nitrogen and oxygen atoms in total. The Balaban J connectivity index is 1.87. The first-order chi connectivity index (χ1) is 12.3. The number of rotatable bonds is 7. The number of ether oxygens (including phenoxy) is 1. The van der Waals surface area contributed by atoms with Crippen molar-refractivity contribution in [3.05, 3.63) is 36.0 Å². The van der Waals surface area contributed by atoms with Crippen molar-refractivity contribution in [2.45, 2.75) is 39.2 Å². The molecule has 2 rings (SSSR count). The van der Waals surface area contributed by atoms with Gasteiger partial charge in [0.05, 0.1) is 11.2 Å². The summed E-state index contributed by atoms with van der Waals surface area (Å²) in [5.41, 5.74) is 0.951. The van der Waals surface area contributed by atoms with E-state index in [-0.39, 0.29) is 5.56 Å². The van der Waals surface area contributed by atoms with Crippen LogP contribution in [0, 0.1) is 0 Å². The van der Waals surface area contributed by atoms with Gasteiger partial charge in [-0.25, -0.2) is 9.59 Å². The number of alkyl carbamates (subject to hydrolysis) is 1. The number of anilines is 1. The molecule has 0 aliphatic rings. The molecule has 0 bridgehead atoms. The van der Waals surface area contributed by atoms with Crippen molar-refractivity contribution < 1.29 is 19.4 Å².